The summed E-state index contributed by atoms with van der Waals surface area (Å²) in [4.78, 5) is 36.5. The van der Waals surface area contributed by atoms with E-state index in [4.69, 9.17) is 5.73 Å². The number of nitrogens with one attached hydrogen (secondary N) is 2. The summed E-state index contributed by atoms with van der Waals surface area (Å²) in [5.41, 5.74) is 8.73. The number of carbonyl (C=O) groups excluding carboxylic acids is 3. The van der Waals surface area contributed by atoms with Crippen LogP contribution in [0, 0.1) is 0 Å². The molecular weight excluding hydrogens is 416 g/mol. The van der Waals surface area contributed by atoms with Gasteiger partial charge in [0, 0.05) is 29.6 Å². The highest BCUT2D eigenvalue weighted by molar-refractivity contribution is 6.04. The van der Waals surface area contributed by atoms with E-state index in [9.17, 15) is 14.4 Å². The fourth-order valence-corrected chi connectivity index (χ4v) is 3.75. The lowest BCUT2D eigenvalue weighted by Gasteiger charge is -2.14. The molecule has 166 valence electrons. The number of nitrogens with zero attached hydrogens (tertiary/aromatic N) is 1. The highest BCUT2D eigenvalue weighted by atomic mass is 16.2. The predicted octanol–water partition coefficient (Wildman–Crippen LogP) is 3.55. The van der Waals surface area contributed by atoms with Crippen molar-refractivity contribution in [1.82, 2.24) is 9.88 Å². The second-order valence-corrected chi connectivity index (χ2v) is 7.61. The second kappa shape index (κ2) is 9.82. The molecule has 3 aromatic carbocycles. The molecule has 0 aliphatic rings. The van der Waals surface area contributed by atoms with E-state index in [1.165, 1.54) is 0 Å². The summed E-state index contributed by atoms with van der Waals surface area (Å²) in [5.74, 6) is -1.14. The van der Waals surface area contributed by atoms with Gasteiger partial charge < -0.3 is 20.9 Å². The van der Waals surface area contributed by atoms with Gasteiger partial charge in [-0.2, -0.15) is 0 Å². The lowest BCUT2D eigenvalue weighted by atomic mass is 10.1. The van der Waals surface area contributed by atoms with Crippen molar-refractivity contribution >= 4 is 34.3 Å². The van der Waals surface area contributed by atoms with Crippen LogP contribution in [0.15, 0.2) is 84.9 Å². The van der Waals surface area contributed by atoms with E-state index < -0.39 is 5.91 Å². The molecule has 7 nitrogen and oxygen atoms in total. The molecule has 4 aromatic rings. The first kappa shape index (κ1) is 21.8. The molecule has 7 heteroatoms. The first-order valence-corrected chi connectivity index (χ1v) is 10.6. The number of hydrogen-bond acceptors (Lipinski definition) is 3. The Morgan fingerprint density at radius 1 is 0.848 bits per heavy atom. The van der Waals surface area contributed by atoms with Gasteiger partial charge in [-0.3, -0.25) is 14.4 Å². The number of para-hydroxylation sites is 2. The number of carbonyl (C=O) groups is 3. The first-order valence-electron chi connectivity index (χ1n) is 10.6. The van der Waals surface area contributed by atoms with Crippen molar-refractivity contribution < 1.29 is 14.4 Å². The van der Waals surface area contributed by atoms with Crippen LogP contribution in [0.5, 0.6) is 0 Å². The topological polar surface area (TPSA) is 106 Å². The maximum absolute atomic E-state index is 13.1. The van der Waals surface area contributed by atoms with Crippen molar-refractivity contribution in [1.29, 1.82) is 0 Å². The van der Waals surface area contributed by atoms with Crippen molar-refractivity contribution in [3.8, 4) is 11.3 Å². The third-order valence-electron chi connectivity index (χ3n) is 5.28. The summed E-state index contributed by atoms with van der Waals surface area (Å²) in [6.07, 6.45) is 0.0449. The number of fused-ring (bicyclic) bond motifs is 1. The minimum Gasteiger partial charge on any atom is -0.370 e. The molecule has 0 aliphatic heterocycles. The third kappa shape index (κ3) is 5.10. The number of rotatable bonds is 8. The SMILES string of the molecule is NC(=O)CCNC(=O)c1ccccc1NC(=O)Cn1c(-c2ccccc2)cc2ccccc21. The Balaban J connectivity index is 1.57. The monoisotopic (exact) mass is 440 g/mol. The zero-order valence-electron chi connectivity index (χ0n) is 18.0. The van der Waals surface area contributed by atoms with Gasteiger partial charge >= 0.3 is 0 Å². The van der Waals surface area contributed by atoms with Gasteiger partial charge in [-0.1, -0.05) is 60.7 Å². The van der Waals surface area contributed by atoms with Crippen LogP contribution < -0.4 is 16.4 Å². The van der Waals surface area contributed by atoms with Gasteiger partial charge in [0.25, 0.3) is 5.91 Å². The number of amides is 3. The molecule has 0 spiro atoms. The second-order valence-electron chi connectivity index (χ2n) is 7.61. The largest absolute Gasteiger partial charge is 0.370 e. The van der Waals surface area contributed by atoms with Crippen LogP contribution in [0.2, 0.25) is 0 Å². The van der Waals surface area contributed by atoms with Crippen LogP contribution in [0.3, 0.4) is 0 Å². The number of hydrogen-bond donors (Lipinski definition) is 3. The highest BCUT2D eigenvalue weighted by Gasteiger charge is 2.16. The van der Waals surface area contributed by atoms with Crippen molar-refractivity contribution in [2.24, 2.45) is 5.73 Å². The molecule has 1 aromatic heterocycles. The molecular formula is C26H24N4O3. The van der Waals surface area contributed by atoms with Gasteiger partial charge in [0.15, 0.2) is 0 Å². The fraction of sp³-hybridized carbons (Fsp3) is 0.115. The first-order chi connectivity index (χ1) is 16.0. The minimum absolute atomic E-state index is 0.0449. The molecule has 0 bridgehead atoms. The molecule has 33 heavy (non-hydrogen) atoms. The predicted molar refractivity (Wildman–Crippen MR) is 129 cm³/mol. The normalized spacial score (nSPS) is 10.7. The lowest BCUT2D eigenvalue weighted by Crippen LogP contribution is -2.29. The summed E-state index contributed by atoms with van der Waals surface area (Å²) in [6, 6.07) is 26.6. The number of anilines is 1. The van der Waals surface area contributed by atoms with Gasteiger partial charge in [-0.25, -0.2) is 0 Å². The number of aromatic nitrogens is 1. The summed E-state index contributed by atoms with van der Waals surface area (Å²) < 4.78 is 1.97. The molecule has 0 unspecified atom stereocenters. The maximum atomic E-state index is 13.1. The molecule has 0 saturated heterocycles. The Labute approximate surface area is 191 Å². The standard InChI is InChI=1S/C26H24N4O3/c27-24(31)14-15-28-26(33)20-11-5-6-12-21(20)29-25(32)17-30-22-13-7-4-10-19(22)16-23(30)18-8-2-1-3-9-18/h1-13,16H,14-15,17H2,(H2,27,31)(H,28,33)(H,29,32). The zero-order chi connectivity index (χ0) is 23.2. The van der Waals surface area contributed by atoms with E-state index in [0.29, 0.717) is 11.3 Å². The third-order valence-corrected chi connectivity index (χ3v) is 5.28. The minimum atomic E-state index is -0.495. The highest BCUT2D eigenvalue weighted by Crippen LogP contribution is 2.28. The Bertz CT molecular complexity index is 1310. The smallest absolute Gasteiger partial charge is 0.253 e. The van der Waals surface area contributed by atoms with Crippen LogP contribution in [0.25, 0.3) is 22.2 Å². The van der Waals surface area contributed by atoms with Crippen LogP contribution in [0.4, 0.5) is 5.69 Å². The number of primary amides is 1. The molecule has 3 amide bonds. The van der Waals surface area contributed by atoms with E-state index in [-0.39, 0.29) is 31.3 Å². The Hall–Kier alpha value is -4.39. The van der Waals surface area contributed by atoms with Crippen molar-refractivity contribution in [2.45, 2.75) is 13.0 Å². The molecule has 4 N–H and O–H groups in total. The molecule has 4 rings (SSSR count). The van der Waals surface area contributed by atoms with E-state index in [2.05, 4.69) is 16.7 Å². The summed E-state index contributed by atoms with van der Waals surface area (Å²) in [6.45, 7) is 0.210. The van der Waals surface area contributed by atoms with E-state index in [1.54, 1.807) is 24.3 Å². The van der Waals surface area contributed by atoms with Crippen LogP contribution in [-0.2, 0) is 16.1 Å². The number of nitrogens with two attached hydrogens (primary N) is 1. The summed E-state index contributed by atoms with van der Waals surface area (Å²) in [7, 11) is 0. The number of benzene rings is 3. The van der Waals surface area contributed by atoms with Gasteiger partial charge in [0.1, 0.15) is 6.54 Å². The van der Waals surface area contributed by atoms with Gasteiger partial charge in [-0.15, -0.1) is 0 Å². The van der Waals surface area contributed by atoms with Gasteiger partial charge in [-0.05, 0) is 29.8 Å². The van der Waals surface area contributed by atoms with Crippen LogP contribution >= 0.6 is 0 Å². The summed E-state index contributed by atoms with van der Waals surface area (Å²) in [5, 5.41) is 6.55. The van der Waals surface area contributed by atoms with Crippen LogP contribution in [0.1, 0.15) is 16.8 Å². The van der Waals surface area contributed by atoms with Crippen molar-refractivity contribution in [3.05, 3.63) is 90.5 Å². The Morgan fingerprint density at radius 2 is 1.55 bits per heavy atom. The molecule has 1 heterocycles. The molecule has 0 atom stereocenters. The fourth-order valence-electron chi connectivity index (χ4n) is 3.75. The molecule has 0 aliphatic carbocycles. The van der Waals surface area contributed by atoms with Gasteiger partial charge in [0.05, 0.1) is 11.3 Å². The molecule has 0 saturated carbocycles. The average molecular weight is 441 g/mol. The van der Waals surface area contributed by atoms with Crippen LogP contribution in [-0.4, -0.2) is 28.8 Å². The molecule has 0 fully saturated rings. The van der Waals surface area contributed by atoms with Crippen molar-refractivity contribution in [2.75, 3.05) is 11.9 Å². The van der Waals surface area contributed by atoms with E-state index >= 15 is 0 Å². The van der Waals surface area contributed by atoms with Gasteiger partial charge in [0.2, 0.25) is 11.8 Å². The Morgan fingerprint density at radius 3 is 2.33 bits per heavy atom. The Kier molecular flexibility index (Phi) is 6.50. The summed E-state index contributed by atoms with van der Waals surface area (Å²) >= 11 is 0. The van der Waals surface area contributed by atoms with E-state index in [0.717, 1.165) is 22.2 Å². The molecule has 0 radical (unpaired) electrons. The zero-order valence-corrected chi connectivity index (χ0v) is 18.0. The quantitative estimate of drug-likeness (QED) is 0.390. The van der Waals surface area contributed by atoms with Crippen molar-refractivity contribution in [3.63, 3.8) is 0 Å². The van der Waals surface area contributed by atoms with E-state index in [1.807, 2.05) is 59.2 Å². The average Bonchev–Trinajstić information content (AvgIpc) is 3.18. The maximum Gasteiger partial charge on any atom is 0.253 e. The lowest BCUT2D eigenvalue weighted by molar-refractivity contribution is -0.118.